The zero-order valence-electron chi connectivity index (χ0n) is 13.4. The predicted octanol–water partition coefficient (Wildman–Crippen LogP) is 4.83. The van der Waals surface area contributed by atoms with Gasteiger partial charge in [-0.25, -0.2) is 0 Å². The monoisotopic (exact) mass is 398 g/mol. The molecule has 4 rings (SSSR count). The Labute approximate surface area is 152 Å². The average Bonchev–Trinajstić information content (AvgIpc) is 3.01. The van der Waals surface area contributed by atoms with Crippen LogP contribution in [-0.2, 0) is 0 Å². The van der Waals surface area contributed by atoms with E-state index < -0.39 is 0 Å². The van der Waals surface area contributed by atoms with E-state index in [0.29, 0.717) is 16.9 Å². The highest BCUT2D eigenvalue weighted by Gasteiger charge is 2.15. The number of aldehydes is 1. The van der Waals surface area contributed by atoms with E-state index in [1.807, 2.05) is 18.2 Å². The van der Waals surface area contributed by atoms with Crippen LogP contribution in [0.15, 0.2) is 63.7 Å². The number of hydrogen-bond acceptors (Lipinski definition) is 5. The number of ether oxygens (including phenoxy) is 1. The maximum atomic E-state index is 11.2. The van der Waals surface area contributed by atoms with E-state index in [1.165, 1.54) is 0 Å². The molecule has 0 aliphatic rings. The van der Waals surface area contributed by atoms with Crippen LogP contribution >= 0.6 is 15.9 Å². The minimum atomic E-state index is 0.600. The van der Waals surface area contributed by atoms with Gasteiger partial charge in [0.25, 0.3) is 0 Å². The predicted molar refractivity (Wildman–Crippen MR) is 102 cm³/mol. The molecule has 4 aromatic rings. The topological polar surface area (TPSA) is 78.3 Å². The molecule has 0 spiro atoms. The van der Waals surface area contributed by atoms with Gasteiger partial charge in [-0.1, -0.05) is 15.9 Å². The lowest BCUT2D eigenvalue weighted by Gasteiger charge is -2.01. The first-order chi connectivity index (χ1) is 12.1. The number of benzene rings is 2. The van der Waals surface area contributed by atoms with Crippen molar-refractivity contribution in [1.29, 1.82) is 0 Å². The minimum Gasteiger partial charge on any atom is -0.493 e. The summed E-state index contributed by atoms with van der Waals surface area (Å²) in [5, 5.41) is 1.70. The van der Waals surface area contributed by atoms with E-state index >= 15 is 0 Å². The summed E-state index contributed by atoms with van der Waals surface area (Å²) in [6.45, 7) is 0. The van der Waals surface area contributed by atoms with Gasteiger partial charge in [-0.15, -0.1) is 0 Å². The largest absolute Gasteiger partial charge is 0.493 e. The van der Waals surface area contributed by atoms with Crippen LogP contribution in [0.25, 0.3) is 21.9 Å². The Morgan fingerprint density at radius 3 is 2.52 bits per heavy atom. The zero-order chi connectivity index (χ0) is 17.8. The summed E-state index contributed by atoms with van der Waals surface area (Å²) in [5.41, 5.74) is 8.02. The number of carbonyl (C=O) groups is 1. The number of rotatable bonds is 2. The standard InChI is InChI=1S/C14H9BrO3.C5H6N2/c1-17-12-4-2-8(7-16)13-10-6-9(15)3-5-11(10)18-14(12)13;6-5-1-3-7-4-2-5/h2-7H,1H3;1-4H,(H2,6,7). The van der Waals surface area contributed by atoms with Gasteiger partial charge in [-0.3, -0.25) is 9.78 Å². The third-order valence-corrected chi connectivity index (χ3v) is 4.12. The molecule has 2 aromatic carbocycles. The smallest absolute Gasteiger partial charge is 0.177 e. The summed E-state index contributed by atoms with van der Waals surface area (Å²) >= 11 is 3.42. The van der Waals surface area contributed by atoms with Gasteiger partial charge in [0.15, 0.2) is 17.6 Å². The van der Waals surface area contributed by atoms with Crippen molar-refractivity contribution < 1.29 is 13.9 Å². The third kappa shape index (κ3) is 3.49. The van der Waals surface area contributed by atoms with Crippen molar-refractivity contribution in [2.24, 2.45) is 0 Å². The summed E-state index contributed by atoms with van der Waals surface area (Å²) in [4.78, 5) is 14.9. The number of nitrogen functional groups attached to an aromatic ring is 1. The van der Waals surface area contributed by atoms with E-state index in [0.717, 1.165) is 32.8 Å². The normalized spacial score (nSPS) is 10.3. The molecule has 0 radical (unpaired) electrons. The molecule has 5 nitrogen and oxygen atoms in total. The minimum absolute atomic E-state index is 0.600. The molecule has 2 heterocycles. The Morgan fingerprint density at radius 2 is 1.92 bits per heavy atom. The summed E-state index contributed by atoms with van der Waals surface area (Å²) < 4.78 is 12.0. The number of halogens is 1. The third-order valence-electron chi connectivity index (χ3n) is 3.63. The number of pyridine rings is 1. The number of furan rings is 1. The number of aromatic nitrogens is 1. The maximum absolute atomic E-state index is 11.2. The highest BCUT2D eigenvalue weighted by molar-refractivity contribution is 9.10. The molecule has 0 saturated heterocycles. The van der Waals surface area contributed by atoms with Gasteiger partial charge in [0.1, 0.15) is 5.58 Å². The Kier molecular flexibility index (Phi) is 5.00. The van der Waals surface area contributed by atoms with E-state index in [9.17, 15) is 4.79 Å². The summed E-state index contributed by atoms with van der Waals surface area (Å²) in [6, 6.07) is 12.7. The number of nitrogens with two attached hydrogens (primary N) is 1. The number of methoxy groups -OCH3 is 1. The second-order valence-electron chi connectivity index (χ2n) is 5.20. The molecule has 126 valence electrons. The van der Waals surface area contributed by atoms with E-state index in [-0.39, 0.29) is 0 Å². The van der Waals surface area contributed by atoms with Gasteiger partial charge in [-0.2, -0.15) is 0 Å². The van der Waals surface area contributed by atoms with Gasteiger partial charge in [0, 0.05) is 38.9 Å². The molecular formula is C19H15BrN2O3. The van der Waals surface area contributed by atoms with Crippen LogP contribution in [0.1, 0.15) is 10.4 Å². The molecule has 0 aliphatic carbocycles. The van der Waals surface area contributed by atoms with Crippen LogP contribution in [-0.4, -0.2) is 18.4 Å². The van der Waals surface area contributed by atoms with Crippen LogP contribution < -0.4 is 10.5 Å². The fourth-order valence-corrected chi connectivity index (χ4v) is 2.84. The fraction of sp³-hybridized carbons (Fsp3) is 0.0526. The second kappa shape index (κ2) is 7.36. The number of nitrogens with zero attached hydrogens (tertiary/aromatic N) is 1. The first-order valence-corrected chi connectivity index (χ1v) is 8.22. The SMILES string of the molecule is COc1ccc(C=O)c2c1oc1ccc(Br)cc12.Nc1ccncc1. The van der Waals surface area contributed by atoms with Gasteiger partial charge < -0.3 is 14.9 Å². The van der Waals surface area contributed by atoms with Crippen molar-refractivity contribution >= 4 is 49.8 Å². The summed E-state index contributed by atoms with van der Waals surface area (Å²) in [5.74, 6) is 0.628. The van der Waals surface area contributed by atoms with Crippen molar-refractivity contribution in [1.82, 2.24) is 4.98 Å². The van der Waals surface area contributed by atoms with Crippen LogP contribution in [0.3, 0.4) is 0 Å². The molecule has 0 atom stereocenters. The molecule has 0 fully saturated rings. The molecule has 25 heavy (non-hydrogen) atoms. The fourth-order valence-electron chi connectivity index (χ4n) is 2.48. The van der Waals surface area contributed by atoms with Crippen LogP contribution in [0.4, 0.5) is 5.69 Å². The molecule has 6 heteroatoms. The Balaban J connectivity index is 0.000000219. The molecular weight excluding hydrogens is 384 g/mol. The van der Waals surface area contributed by atoms with E-state index in [4.69, 9.17) is 14.9 Å². The second-order valence-corrected chi connectivity index (χ2v) is 6.12. The number of anilines is 1. The van der Waals surface area contributed by atoms with Crippen molar-refractivity contribution in [3.05, 3.63) is 64.9 Å². The lowest BCUT2D eigenvalue weighted by Crippen LogP contribution is -1.86. The quantitative estimate of drug-likeness (QED) is 0.489. The molecule has 0 unspecified atom stereocenters. The number of carbonyl (C=O) groups excluding carboxylic acids is 1. The highest BCUT2D eigenvalue weighted by Crippen LogP contribution is 2.37. The first-order valence-electron chi connectivity index (χ1n) is 7.43. The van der Waals surface area contributed by atoms with Gasteiger partial charge in [0.2, 0.25) is 0 Å². The van der Waals surface area contributed by atoms with E-state index in [1.54, 1.807) is 43.8 Å². The van der Waals surface area contributed by atoms with Crippen molar-refractivity contribution in [2.75, 3.05) is 12.8 Å². The van der Waals surface area contributed by atoms with Gasteiger partial charge in [0.05, 0.1) is 7.11 Å². The van der Waals surface area contributed by atoms with Crippen molar-refractivity contribution in [3.8, 4) is 5.75 Å². The molecule has 2 N–H and O–H groups in total. The lowest BCUT2D eigenvalue weighted by molar-refractivity contribution is 0.112. The highest BCUT2D eigenvalue weighted by atomic mass is 79.9. The van der Waals surface area contributed by atoms with Crippen LogP contribution in [0.2, 0.25) is 0 Å². The Morgan fingerprint density at radius 1 is 1.16 bits per heavy atom. The summed E-state index contributed by atoms with van der Waals surface area (Å²) in [6.07, 6.45) is 4.16. The van der Waals surface area contributed by atoms with Crippen molar-refractivity contribution in [3.63, 3.8) is 0 Å². The zero-order valence-corrected chi connectivity index (χ0v) is 15.0. The average molecular weight is 399 g/mol. The van der Waals surface area contributed by atoms with Gasteiger partial charge >= 0.3 is 0 Å². The molecule has 0 aliphatic heterocycles. The molecule has 0 amide bonds. The first kappa shape index (κ1) is 17.0. The van der Waals surface area contributed by atoms with E-state index in [2.05, 4.69) is 20.9 Å². The Hall–Kier alpha value is -2.86. The number of fused-ring (bicyclic) bond motifs is 3. The van der Waals surface area contributed by atoms with Gasteiger partial charge in [-0.05, 0) is 42.5 Å². The molecule has 0 saturated carbocycles. The lowest BCUT2D eigenvalue weighted by atomic mass is 10.1. The maximum Gasteiger partial charge on any atom is 0.177 e. The molecule has 2 aromatic heterocycles. The van der Waals surface area contributed by atoms with Crippen molar-refractivity contribution in [2.45, 2.75) is 0 Å². The summed E-state index contributed by atoms with van der Waals surface area (Å²) in [7, 11) is 1.58. The van der Waals surface area contributed by atoms with Crippen LogP contribution in [0.5, 0.6) is 5.75 Å². The van der Waals surface area contributed by atoms with Crippen LogP contribution in [0, 0.1) is 0 Å². The molecule has 0 bridgehead atoms. The number of hydrogen-bond donors (Lipinski definition) is 1. The Bertz CT molecular complexity index is 1030.